The predicted molar refractivity (Wildman–Crippen MR) is 102 cm³/mol. The maximum atomic E-state index is 13.0. The number of rotatable bonds is 5. The summed E-state index contributed by atoms with van der Waals surface area (Å²) in [6, 6.07) is 18.0. The van der Waals surface area contributed by atoms with Gasteiger partial charge in [0.25, 0.3) is 0 Å². The van der Waals surface area contributed by atoms with Crippen molar-refractivity contribution in [3.8, 4) is 11.3 Å². The first-order valence-electron chi connectivity index (χ1n) is 9.17. The lowest BCUT2D eigenvalue weighted by atomic mass is 9.92. The van der Waals surface area contributed by atoms with Gasteiger partial charge < -0.3 is 10.0 Å². The minimum Gasteiger partial charge on any atom is -0.396 e. The van der Waals surface area contributed by atoms with Gasteiger partial charge in [-0.15, -0.1) is 5.10 Å². The number of fused-ring (bicyclic) bond motifs is 1. The Balaban J connectivity index is 1.51. The molecule has 1 aliphatic heterocycles. The van der Waals surface area contributed by atoms with Gasteiger partial charge in [0.1, 0.15) is 12.2 Å². The minimum absolute atomic E-state index is 0.00698. The molecule has 0 unspecified atom stereocenters. The van der Waals surface area contributed by atoms with Crippen molar-refractivity contribution in [3.63, 3.8) is 0 Å². The number of hydrogen-bond acceptors (Lipinski definition) is 4. The molecule has 138 valence electrons. The van der Waals surface area contributed by atoms with Crippen LogP contribution in [0.1, 0.15) is 17.5 Å². The lowest BCUT2D eigenvalue weighted by Crippen LogP contribution is -2.46. The van der Waals surface area contributed by atoms with Crippen molar-refractivity contribution in [1.82, 2.24) is 19.9 Å². The lowest BCUT2D eigenvalue weighted by Gasteiger charge is -2.36. The van der Waals surface area contributed by atoms with Gasteiger partial charge in [0.05, 0.1) is 6.20 Å². The summed E-state index contributed by atoms with van der Waals surface area (Å²) >= 11 is 0. The molecule has 6 nitrogen and oxygen atoms in total. The molecule has 0 bridgehead atoms. The van der Waals surface area contributed by atoms with Gasteiger partial charge in [0, 0.05) is 24.8 Å². The third-order valence-electron chi connectivity index (χ3n) is 5.04. The zero-order valence-corrected chi connectivity index (χ0v) is 15.0. The van der Waals surface area contributed by atoms with Crippen molar-refractivity contribution < 1.29 is 9.90 Å². The number of aliphatic hydroxyl groups excluding tert-OH is 1. The molecule has 1 amide bonds. The van der Waals surface area contributed by atoms with Crippen LogP contribution < -0.4 is 0 Å². The number of nitrogens with zero attached hydrogens (tertiary/aromatic N) is 4. The number of hydrogen-bond donors (Lipinski definition) is 1. The van der Waals surface area contributed by atoms with Crippen LogP contribution in [0.5, 0.6) is 0 Å². The van der Waals surface area contributed by atoms with Crippen LogP contribution >= 0.6 is 0 Å². The first kappa shape index (κ1) is 17.4. The van der Waals surface area contributed by atoms with E-state index in [1.807, 2.05) is 47.4 Å². The molecule has 0 saturated heterocycles. The van der Waals surface area contributed by atoms with Gasteiger partial charge >= 0.3 is 0 Å². The van der Waals surface area contributed by atoms with E-state index in [9.17, 15) is 9.90 Å². The fourth-order valence-electron chi connectivity index (χ4n) is 3.63. The summed E-state index contributed by atoms with van der Waals surface area (Å²) in [6.45, 7) is 0.780. The zero-order valence-electron chi connectivity index (χ0n) is 15.0. The van der Waals surface area contributed by atoms with E-state index in [0.29, 0.717) is 13.0 Å². The second-order valence-corrected chi connectivity index (χ2v) is 6.83. The van der Waals surface area contributed by atoms with Crippen LogP contribution in [0, 0.1) is 0 Å². The largest absolute Gasteiger partial charge is 0.396 e. The van der Waals surface area contributed by atoms with Crippen LogP contribution in [0.25, 0.3) is 11.3 Å². The second kappa shape index (κ2) is 7.72. The van der Waals surface area contributed by atoms with Crippen LogP contribution in [0.3, 0.4) is 0 Å². The maximum absolute atomic E-state index is 13.0. The summed E-state index contributed by atoms with van der Waals surface area (Å²) in [5, 5.41) is 17.7. The fraction of sp³-hybridized carbons (Fsp3) is 0.286. The quantitative estimate of drug-likeness (QED) is 0.756. The Morgan fingerprint density at radius 2 is 1.81 bits per heavy atom. The van der Waals surface area contributed by atoms with E-state index in [1.54, 1.807) is 10.9 Å². The molecule has 1 aromatic heterocycles. The highest BCUT2D eigenvalue weighted by Crippen LogP contribution is 2.25. The number of aliphatic hydroxyl groups is 1. The Morgan fingerprint density at radius 3 is 2.59 bits per heavy atom. The molecule has 6 heteroatoms. The normalized spacial score (nSPS) is 16.2. The van der Waals surface area contributed by atoms with Gasteiger partial charge in [-0.05, 0) is 24.0 Å². The van der Waals surface area contributed by atoms with Gasteiger partial charge in [-0.3, -0.25) is 4.79 Å². The summed E-state index contributed by atoms with van der Waals surface area (Å²) in [5.74, 6) is -0.00698. The van der Waals surface area contributed by atoms with Crippen LogP contribution in [0.15, 0.2) is 60.8 Å². The molecule has 1 N–H and O–H groups in total. The Morgan fingerprint density at radius 1 is 1.07 bits per heavy atom. The summed E-state index contributed by atoms with van der Waals surface area (Å²) in [7, 11) is 0. The second-order valence-electron chi connectivity index (χ2n) is 6.83. The van der Waals surface area contributed by atoms with E-state index >= 15 is 0 Å². The summed E-state index contributed by atoms with van der Waals surface area (Å²) in [5.41, 5.74) is 4.15. The van der Waals surface area contributed by atoms with E-state index in [4.69, 9.17) is 0 Å². The van der Waals surface area contributed by atoms with Crippen molar-refractivity contribution in [2.75, 3.05) is 6.61 Å². The highest BCUT2D eigenvalue weighted by Gasteiger charge is 2.29. The summed E-state index contributed by atoms with van der Waals surface area (Å²) in [4.78, 5) is 14.8. The monoisotopic (exact) mass is 362 g/mol. The van der Waals surface area contributed by atoms with Gasteiger partial charge in [-0.25, -0.2) is 4.68 Å². The number of aromatic nitrogens is 3. The molecule has 2 aromatic carbocycles. The molecule has 1 atom stereocenters. The molecular weight excluding hydrogens is 340 g/mol. The molecule has 0 saturated carbocycles. The van der Waals surface area contributed by atoms with Crippen molar-refractivity contribution in [3.05, 3.63) is 71.9 Å². The molecule has 27 heavy (non-hydrogen) atoms. The van der Waals surface area contributed by atoms with Crippen molar-refractivity contribution in [1.29, 1.82) is 0 Å². The van der Waals surface area contributed by atoms with Crippen molar-refractivity contribution in [2.24, 2.45) is 0 Å². The molecule has 0 radical (unpaired) electrons. The topological polar surface area (TPSA) is 71.2 Å². The average molecular weight is 362 g/mol. The van der Waals surface area contributed by atoms with Crippen LogP contribution in [0.2, 0.25) is 0 Å². The summed E-state index contributed by atoms with van der Waals surface area (Å²) in [6.07, 6.45) is 3.15. The molecule has 3 aromatic rings. The van der Waals surface area contributed by atoms with Crippen molar-refractivity contribution in [2.45, 2.75) is 32.0 Å². The Labute approximate surface area is 158 Å². The SMILES string of the molecule is O=C(Cn1cc(-c2ccccc2)nn1)N1Cc2ccccc2C[C@H]1CCO. The molecular formula is C21H22N4O2. The van der Waals surface area contributed by atoms with Gasteiger partial charge in [-0.2, -0.15) is 0 Å². The molecule has 0 aliphatic carbocycles. The number of benzene rings is 2. The first-order chi connectivity index (χ1) is 13.2. The fourth-order valence-corrected chi connectivity index (χ4v) is 3.63. The highest BCUT2D eigenvalue weighted by atomic mass is 16.3. The molecule has 0 fully saturated rings. The summed E-state index contributed by atoms with van der Waals surface area (Å²) < 4.78 is 1.58. The van der Waals surface area contributed by atoms with E-state index < -0.39 is 0 Å². The molecule has 2 heterocycles. The third kappa shape index (κ3) is 3.75. The number of carbonyl (C=O) groups is 1. The van der Waals surface area contributed by atoms with E-state index in [-0.39, 0.29) is 25.1 Å². The molecule has 0 spiro atoms. The van der Waals surface area contributed by atoms with E-state index in [1.165, 1.54) is 11.1 Å². The molecule has 4 rings (SSSR count). The third-order valence-corrected chi connectivity index (χ3v) is 5.04. The number of carbonyl (C=O) groups excluding carboxylic acids is 1. The Bertz CT molecular complexity index is 923. The first-order valence-corrected chi connectivity index (χ1v) is 9.17. The van der Waals surface area contributed by atoms with Crippen LogP contribution in [0.4, 0.5) is 0 Å². The van der Waals surface area contributed by atoms with Gasteiger partial charge in [-0.1, -0.05) is 59.8 Å². The standard InChI is InChI=1S/C21H22N4O2/c26-11-10-19-12-17-8-4-5-9-18(17)13-25(19)21(27)15-24-14-20(22-23-24)16-6-2-1-3-7-16/h1-9,14,19,26H,10-13,15H2/t19-/m1/s1. The Hall–Kier alpha value is -2.99. The molecule has 1 aliphatic rings. The zero-order chi connectivity index (χ0) is 18.6. The van der Waals surface area contributed by atoms with Gasteiger partial charge in [0.15, 0.2) is 0 Å². The number of amides is 1. The van der Waals surface area contributed by atoms with E-state index in [2.05, 4.69) is 22.4 Å². The highest BCUT2D eigenvalue weighted by molar-refractivity contribution is 5.77. The van der Waals surface area contributed by atoms with E-state index in [0.717, 1.165) is 17.7 Å². The van der Waals surface area contributed by atoms with Crippen LogP contribution in [-0.4, -0.2) is 43.6 Å². The van der Waals surface area contributed by atoms with Crippen molar-refractivity contribution >= 4 is 5.91 Å². The smallest absolute Gasteiger partial charge is 0.244 e. The average Bonchev–Trinajstić information content (AvgIpc) is 3.17. The lowest BCUT2D eigenvalue weighted by molar-refractivity contribution is -0.136. The van der Waals surface area contributed by atoms with Gasteiger partial charge in [0.2, 0.25) is 5.91 Å². The Kier molecular flexibility index (Phi) is 4.98. The predicted octanol–water partition coefficient (Wildman–Crippen LogP) is 2.28. The maximum Gasteiger partial charge on any atom is 0.244 e. The van der Waals surface area contributed by atoms with Crippen LogP contribution in [-0.2, 0) is 24.3 Å². The minimum atomic E-state index is -0.00698.